The lowest BCUT2D eigenvalue weighted by atomic mass is 10.3. The monoisotopic (exact) mass is 180 g/mol. The molecule has 3 heteroatoms. The van der Waals surface area contributed by atoms with Gasteiger partial charge in [0.25, 0.3) is 0 Å². The van der Waals surface area contributed by atoms with E-state index in [1.54, 1.807) is 0 Å². The predicted octanol–water partition coefficient (Wildman–Crippen LogP) is 1.49. The zero-order chi connectivity index (χ0) is 9.68. The van der Waals surface area contributed by atoms with E-state index in [9.17, 15) is 0 Å². The van der Waals surface area contributed by atoms with Crippen LogP contribution in [0, 0.1) is 13.8 Å². The van der Waals surface area contributed by atoms with E-state index < -0.39 is 0 Å². The largest absolute Gasteiger partial charge is 0.396 e. The number of anilines is 1. The molecule has 0 spiro atoms. The highest BCUT2D eigenvalue weighted by molar-refractivity contribution is 5.44. The minimum atomic E-state index is 0.232. The van der Waals surface area contributed by atoms with Crippen molar-refractivity contribution in [1.29, 1.82) is 0 Å². The van der Waals surface area contributed by atoms with Gasteiger partial charge in [0, 0.05) is 30.2 Å². The zero-order valence-corrected chi connectivity index (χ0v) is 8.17. The molecule has 72 valence electrons. The molecule has 0 atom stereocenters. The van der Waals surface area contributed by atoms with E-state index in [0.29, 0.717) is 0 Å². The van der Waals surface area contributed by atoms with Gasteiger partial charge in [0.05, 0.1) is 0 Å². The van der Waals surface area contributed by atoms with Crippen LogP contribution in [0.1, 0.15) is 17.8 Å². The lowest BCUT2D eigenvalue weighted by molar-refractivity contribution is 0.292. The maximum atomic E-state index is 8.60. The summed E-state index contributed by atoms with van der Waals surface area (Å²) in [6, 6.07) is 4.01. The Kier molecular flexibility index (Phi) is 3.71. The molecule has 0 aromatic carbocycles. The van der Waals surface area contributed by atoms with Gasteiger partial charge in [-0.15, -0.1) is 0 Å². The molecule has 13 heavy (non-hydrogen) atoms. The van der Waals surface area contributed by atoms with Crippen LogP contribution in [0.25, 0.3) is 0 Å². The lowest BCUT2D eigenvalue weighted by Crippen LogP contribution is -2.04. The van der Waals surface area contributed by atoms with Crippen molar-refractivity contribution in [3.63, 3.8) is 0 Å². The standard InChI is InChI=1S/C10H16N2O/c1-8-6-10(7-9(2)12-8)11-4-3-5-13/h6-7,13H,3-5H2,1-2H3,(H,11,12). The van der Waals surface area contributed by atoms with Crippen molar-refractivity contribution in [2.24, 2.45) is 0 Å². The second-order valence-electron chi connectivity index (χ2n) is 3.14. The minimum Gasteiger partial charge on any atom is -0.396 e. The van der Waals surface area contributed by atoms with Gasteiger partial charge in [-0.1, -0.05) is 0 Å². The molecule has 0 unspecified atom stereocenters. The van der Waals surface area contributed by atoms with Gasteiger partial charge in [0.1, 0.15) is 0 Å². The summed E-state index contributed by atoms with van der Waals surface area (Å²) in [7, 11) is 0. The Balaban J connectivity index is 2.56. The SMILES string of the molecule is Cc1cc(NCCCO)cc(C)n1. The molecule has 3 nitrogen and oxygen atoms in total. The summed E-state index contributed by atoms with van der Waals surface area (Å²) in [4.78, 5) is 4.27. The molecule has 0 bridgehead atoms. The highest BCUT2D eigenvalue weighted by atomic mass is 16.3. The lowest BCUT2D eigenvalue weighted by Gasteiger charge is -2.06. The second kappa shape index (κ2) is 4.82. The van der Waals surface area contributed by atoms with Gasteiger partial charge in [0.2, 0.25) is 0 Å². The maximum Gasteiger partial charge on any atom is 0.0447 e. The van der Waals surface area contributed by atoms with E-state index in [0.717, 1.165) is 30.0 Å². The summed E-state index contributed by atoms with van der Waals surface area (Å²) in [6.07, 6.45) is 0.778. The van der Waals surface area contributed by atoms with Crippen molar-refractivity contribution in [2.75, 3.05) is 18.5 Å². The van der Waals surface area contributed by atoms with E-state index in [1.165, 1.54) is 0 Å². The third kappa shape index (κ3) is 3.42. The zero-order valence-electron chi connectivity index (χ0n) is 8.17. The molecule has 2 N–H and O–H groups in total. The number of nitrogens with one attached hydrogen (secondary N) is 1. The third-order valence-corrected chi connectivity index (χ3v) is 1.75. The van der Waals surface area contributed by atoms with Crippen molar-refractivity contribution in [3.05, 3.63) is 23.5 Å². The van der Waals surface area contributed by atoms with Crippen LogP contribution in [0.2, 0.25) is 0 Å². The van der Waals surface area contributed by atoms with Crippen molar-refractivity contribution < 1.29 is 5.11 Å². The Morgan fingerprint density at radius 1 is 1.31 bits per heavy atom. The van der Waals surface area contributed by atoms with E-state index in [-0.39, 0.29) is 6.61 Å². The minimum absolute atomic E-state index is 0.232. The maximum absolute atomic E-state index is 8.60. The highest BCUT2D eigenvalue weighted by Crippen LogP contribution is 2.10. The quantitative estimate of drug-likeness (QED) is 0.690. The van der Waals surface area contributed by atoms with Crippen LogP contribution in [0.15, 0.2) is 12.1 Å². The number of aliphatic hydroxyl groups excluding tert-OH is 1. The van der Waals surface area contributed by atoms with Crippen LogP contribution < -0.4 is 5.32 Å². The van der Waals surface area contributed by atoms with Crippen molar-refractivity contribution in [1.82, 2.24) is 4.98 Å². The number of aryl methyl sites for hydroxylation is 2. The van der Waals surface area contributed by atoms with Gasteiger partial charge in [-0.05, 0) is 32.4 Å². The molecule has 0 fully saturated rings. The fourth-order valence-corrected chi connectivity index (χ4v) is 1.25. The normalized spacial score (nSPS) is 10.1. The van der Waals surface area contributed by atoms with Gasteiger partial charge >= 0.3 is 0 Å². The Morgan fingerprint density at radius 2 is 1.92 bits per heavy atom. The Hall–Kier alpha value is -1.09. The number of hydrogen-bond donors (Lipinski definition) is 2. The molecule has 1 rings (SSSR count). The number of pyridine rings is 1. The molecule has 0 saturated carbocycles. The molecule has 0 aliphatic rings. The third-order valence-electron chi connectivity index (χ3n) is 1.75. The molecule has 1 aromatic rings. The molecule has 0 radical (unpaired) electrons. The fraction of sp³-hybridized carbons (Fsp3) is 0.500. The van der Waals surface area contributed by atoms with Gasteiger partial charge < -0.3 is 10.4 Å². The Labute approximate surface area is 78.8 Å². The Morgan fingerprint density at radius 3 is 2.46 bits per heavy atom. The van der Waals surface area contributed by atoms with Gasteiger partial charge in [-0.3, -0.25) is 4.98 Å². The first-order valence-electron chi connectivity index (χ1n) is 4.52. The first-order valence-corrected chi connectivity index (χ1v) is 4.52. The summed E-state index contributed by atoms with van der Waals surface area (Å²) in [6.45, 7) is 4.99. The summed E-state index contributed by atoms with van der Waals surface area (Å²) < 4.78 is 0. The smallest absolute Gasteiger partial charge is 0.0447 e. The summed E-state index contributed by atoms with van der Waals surface area (Å²) in [5, 5.41) is 11.8. The average molecular weight is 180 g/mol. The molecule has 0 saturated heterocycles. The van der Waals surface area contributed by atoms with Crippen molar-refractivity contribution in [2.45, 2.75) is 20.3 Å². The van der Waals surface area contributed by atoms with Crippen LogP contribution in [-0.4, -0.2) is 23.2 Å². The van der Waals surface area contributed by atoms with Gasteiger partial charge in [0.15, 0.2) is 0 Å². The fourth-order valence-electron chi connectivity index (χ4n) is 1.25. The van der Waals surface area contributed by atoms with Crippen LogP contribution in [-0.2, 0) is 0 Å². The van der Waals surface area contributed by atoms with E-state index in [2.05, 4.69) is 10.3 Å². The summed E-state index contributed by atoms with van der Waals surface area (Å²) >= 11 is 0. The summed E-state index contributed by atoms with van der Waals surface area (Å²) in [5.74, 6) is 0. The number of aliphatic hydroxyl groups is 1. The first kappa shape index (κ1) is 9.99. The van der Waals surface area contributed by atoms with Crippen molar-refractivity contribution >= 4 is 5.69 Å². The molecule has 1 heterocycles. The van der Waals surface area contributed by atoms with Crippen LogP contribution in [0.4, 0.5) is 5.69 Å². The van der Waals surface area contributed by atoms with Gasteiger partial charge in [-0.2, -0.15) is 0 Å². The van der Waals surface area contributed by atoms with Crippen LogP contribution >= 0.6 is 0 Å². The van der Waals surface area contributed by atoms with Crippen LogP contribution in [0.3, 0.4) is 0 Å². The second-order valence-corrected chi connectivity index (χ2v) is 3.14. The molecule has 0 amide bonds. The molecular formula is C10H16N2O. The molecule has 1 aromatic heterocycles. The number of hydrogen-bond acceptors (Lipinski definition) is 3. The predicted molar refractivity (Wildman–Crippen MR) is 53.9 cm³/mol. The highest BCUT2D eigenvalue weighted by Gasteiger charge is 1.95. The Bertz CT molecular complexity index is 253. The number of nitrogens with zero attached hydrogens (tertiary/aromatic N) is 1. The molecule has 0 aliphatic carbocycles. The molecule has 0 aliphatic heterocycles. The topological polar surface area (TPSA) is 45.1 Å². The summed E-state index contributed by atoms with van der Waals surface area (Å²) in [5.41, 5.74) is 3.12. The number of rotatable bonds is 4. The van der Waals surface area contributed by atoms with E-state index >= 15 is 0 Å². The number of aromatic nitrogens is 1. The van der Waals surface area contributed by atoms with Crippen LogP contribution in [0.5, 0.6) is 0 Å². The first-order chi connectivity index (χ1) is 6.22. The average Bonchev–Trinajstić information content (AvgIpc) is 2.03. The van der Waals surface area contributed by atoms with E-state index in [1.807, 2.05) is 26.0 Å². The van der Waals surface area contributed by atoms with Crippen molar-refractivity contribution in [3.8, 4) is 0 Å². The van der Waals surface area contributed by atoms with Gasteiger partial charge in [-0.25, -0.2) is 0 Å². The molecular weight excluding hydrogens is 164 g/mol. The van der Waals surface area contributed by atoms with E-state index in [4.69, 9.17) is 5.11 Å².